The minimum Gasteiger partial charge on any atom is -0.383 e. The van der Waals surface area contributed by atoms with E-state index in [0.717, 1.165) is 27.0 Å². The Hall–Kier alpha value is -2.44. The first-order valence-electron chi connectivity index (χ1n) is 9.07. The molecule has 0 saturated heterocycles. The number of likely N-dealkylation sites (N-methyl/N-ethyl adjacent to an activating group) is 2. The molecule has 10 nitrogen and oxygen atoms in total. The quantitative estimate of drug-likeness (QED) is 0.584. The van der Waals surface area contributed by atoms with Gasteiger partial charge < -0.3 is 10.6 Å². The molecule has 0 unspecified atom stereocenters. The van der Waals surface area contributed by atoms with Crippen molar-refractivity contribution >= 4 is 38.8 Å². The third-order valence-electron chi connectivity index (χ3n) is 4.35. The molecule has 3 N–H and O–H groups in total. The first kappa shape index (κ1) is 22.8. The second-order valence-electron chi connectivity index (χ2n) is 6.33. The number of hydrogen-bond donors (Lipinski definition) is 2. The van der Waals surface area contributed by atoms with Gasteiger partial charge >= 0.3 is 5.69 Å². The van der Waals surface area contributed by atoms with Crippen LogP contribution in [0.2, 0.25) is 0 Å². The Kier molecular flexibility index (Phi) is 7.38. The van der Waals surface area contributed by atoms with Gasteiger partial charge in [-0.05, 0) is 24.8 Å². The average Bonchev–Trinajstić information content (AvgIpc) is 3.20. The number of nitrogens with one attached hydrogen (secondary N) is 1. The van der Waals surface area contributed by atoms with Gasteiger partial charge in [0.25, 0.3) is 15.6 Å². The summed E-state index contributed by atoms with van der Waals surface area (Å²) in [5.41, 5.74) is 4.46. The minimum absolute atomic E-state index is 0.0744. The molecule has 1 amide bonds. The van der Waals surface area contributed by atoms with Crippen LogP contribution < -0.4 is 21.9 Å². The number of aromatic nitrogens is 2. The highest BCUT2D eigenvalue weighted by molar-refractivity contribution is 7.91. The van der Waals surface area contributed by atoms with Crippen molar-refractivity contribution in [2.24, 2.45) is 0 Å². The van der Waals surface area contributed by atoms with E-state index in [0.29, 0.717) is 13.0 Å². The molecule has 2 aromatic heterocycles. The molecule has 2 heterocycles. The average molecular weight is 444 g/mol. The van der Waals surface area contributed by atoms with Crippen LogP contribution in [0.1, 0.15) is 26.7 Å². The number of hydrogen-bond acceptors (Lipinski definition) is 7. The lowest BCUT2D eigenvalue weighted by Crippen LogP contribution is -2.45. The van der Waals surface area contributed by atoms with Crippen molar-refractivity contribution in [3.8, 4) is 0 Å². The number of amides is 1. The summed E-state index contributed by atoms with van der Waals surface area (Å²) in [7, 11) is -2.54. The molecular weight excluding hydrogens is 418 g/mol. The zero-order valence-electron chi connectivity index (χ0n) is 16.5. The van der Waals surface area contributed by atoms with Crippen LogP contribution in [-0.4, -0.2) is 48.3 Å². The van der Waals surface area contributed by atoms with Crippen molar-refractivity contribution in [3.63, 3.8) is 0 Å². The van der Waals surface area contributed by atoms with Gasteiger partial charge in [-0.3, -0.25) is 19.1 Å². The van der Waals surface area contributed by atoms with Crippen molar-refractivity contribution in [3.05, 3.63) is 38.4 Å². The molecule has 29 heavy (non-hydrogen) atoms. The van der Waals surface area contributed by atoms with Gasteiger partial charge in [-0.25, -0.2) is 13.2 Å². The van der Waals surface area contributed by atoms with E-state index in [-0.39, 0.29) is 22.3 Å². The van der Waals surface area contributed by atoms with Gasteiger partial charge in [-0.2, -0.15) is 4.31 Å². The molecule has 0 atom stereocenters. The van der Waals surface area contributed by atoms with Crippen LogP contribution in [0.5, 0.6) is 0 Å². The summed E-state index contributed by atoms with van der Waals surface area (Å²) >= 11 is 1.04. The summed E-state index contributed by atoms with van der Waals surface area (Å²) in [5, 5.41) is 1.63. The van der Waals surface area contributed by atoms with Gasteiger partial charge in [-0.1, -0.05) is 19.4 Å². The lowest BCUT2D eigenvalue weighted by atomic mass is 10.3. The number of carbonyl (C=O) groups excluding carboxylic acids is 1. The largest absolute Gasteiger partial charge is 0.383 e. The van der Waals surface area contributed by atoms with Gasteiger partial charge in [0.05, 0.1) is 6.54 Å². The second kappa shape index (κ2) is 9.37. The molecule has 12 heteroatoms. The molecule has 2 aromatic rings. The third-order valence-corrected chi connectivity index (χ3v) is 7.53. The van der Waals surface area contributed by atoms with Crippen LogP contribution in [0, 0.1) is 0 Å². The zero-order valence-corrected chi connectivity index (χ0v) is 18.2. The van der Waals surface area contributed by atoms with Gasteiger partial charge in [0, 0.05) is 20.1 Å². The zero-order chi connectivity index (χ0) is 21.8. The Morgan fingerprint density at radius 1 is 1.31 bits per heavy atom. The molecule has 0 saturated carbocycles. The van der Waals surface area contributed by atoms with Gasteiger partial charge in [0.2, 0.25) is 5.91 Å². The number of carbonyl (C=O) groups is 1. The third kappa shape index (κ3) is 4.77. The monoisotopic (exact) mass is 443 g/mol. The highest BCUT2D eigenvalue weighted by Crippen LogP contribution is 2.21. The topological polar surface area (TPSA) is 139 Å². The number of aromatic amines is 1. The highest BCUT2D eigenvalue weighted by atomic mass is 32.2. The molecule has 160 valence electrons. The van der Waals surface area contributed by atoms with Crippen LogP contribution in [0.4, 0.5) is 11.5 Å². The van der Waals surface area contributed by atoms with Gasteiger partial charge in [0.1, 0.15) is 10.0 Å². The predicted molar refractivity (Wildman–Crippen MR) is 113 cm³/mol. The summed E-state index contributed by atoms with van der Waals surface area (Å²) in [4.78, 5) is 40.6. The normalized spacial score (nSPS) is 11.7. The minimum atomic E-state index is -3.83. The molecular formula is C17H25N5O5S2. The van der Waals surface area contributed by atoms with E-state index >= 15 is 0 Å². The Balaban J connectivity index is 2.37. The molecule has 2 rings (SSSR count). The number of thiophene rings is 1. The fourth-order valence-electron chi connectivity index (χ4n) is 2.76. The van der Waals surface area contributed by atoms with Crippen molar-refractivity contribution in [1.82, 2.24) is 13.9 Å². The number of anilines is 2. The number of nitrogens with zero attached hydrogens (tertiary/aromatic N) is 3. The molecule has 0 aromatic carbocycles. The molecule has 0 bridgehead atoms. The van der Waals surface area contributed by atoms with Gasteiger partial charge in [0.15, 0.2) is 5.69 Å². The van der Waals surface area contributed by atoms with E-state index in [1.165, 1.54) is 17.7 Å². The lowest BCUT2D eigenvalue weighted by Gasteiger charge is -2.25. The maximum absolute atomic E-state index is 12.8. The Morgan fingerprint density at radius 2 is 2.00 bits per heavy atom. The van der Waals surface area contributed by atoms with Crippen LogP contribution in [0.15, 0.2) is 31.3 Å². The smallest absolute Gasteiger partial charge is 0.330 e. The van der Waals surface area contributed by atoms with Crippen LogP contribution in [0.25, 0.3) is 0 Å². The predicted octanol–water partition coefficient (Wildman–Crippen LogP) is 0.654. The molecule has 0 aliphatic heterocycles. The molecule has 0 aliphatic rings. The standard InChI is InChI=1S/C17H25N5O5S2/c1-4-6-9-22-15(18)14(16(24)19-17(22)25)21(5-2)12(23)11-20(3)29(26,27)13-8-7-10-28-13/h7-8,10H,4-6,9,11,18H2,1-3H3,(H,19,24,25). The maximum Gasteiger partial charge on any atom is 0.330 e. The number of H-pyrrole nitrogens is 1. The Bertz CT molecular complexity index is 1070. The number of unbranched alkanes of at least 4 members (excludes halogenated alkanes) is 1. The number of sulfonamides is 1. The Labute approximate surface area is 172 Å². The van der Waals surface area contributed by atoms with E-state index in [1.807, 2.05) is 6.92 Å². The van der Waals surface area contributed by atoms with E-state index in [4.69, 9.17) is 5.73 Å². The maximum atomic E-state index is 12.8. The van der Waals surface area contributed by atoms with Crippen molar-refractivity contribution in [1.29, 1.82) is 0 Å². The van der Waals surface area contributed by atoms with E-state index in [2.05, 4.69) is 4.98 Å². The SMILES string of the molecule is CCCCn1c(N)c(N(CC)C(=O)CN(C)S(=O)(=O)c2cccs2)c(=O)[nH]c1=O. The van der Waals surface area contributed by atoms with Crippen molar-refractivity contribution in [2.45, 2.75) is 37.4 Å². The first-order valence-corrected chi connectivity index (χ1v) is 11.4. The summed E-state index contributed by atoms with van der Waals surface area (Å²) < 4.78 is 27.4. The van der Waals surface area contributed by atoms with Crippen molar-refractivity contribution < 1.29 is 13.2 Å². The molecule has 0 fully saturated rings. The fourth-order valence-corrected chi connectivity index (χ4v) is 5.08. The molecule has 0 radical (unpaired) electrons. The summed E-state index contributed by atoms with van der Waals surface area (Å²) in [6, 6.07) is 3.05. The Morgan fingerprint density at radius 3 is 2.55 bits per heavy atom. The molecule has 0 aliphatic carbocycles. The molecule has 0 spiro atoms. The van der Waals surface area contributed by atoms with E-state index in [1.54, 1.807) is 18.4 Å². The number of rotatable bonds is 9. The van der Waals surface area contributed by atoms with Crippen LogP contribution in [0.3, 0.4) is 0 Å². The van der Waals surface area contributed by atoms with Crippen LogP contribution >= 0.6 is 11.3 Å². The summed E-state index contributed by atoms with van der Waals surface area (Å²) in [6.07, 6.45) is 1.47. The van der Waals surface area contributed by atoms with E-state index < -0.39 is 33.7 Å². The van der Waals surface area contributed by atoms with Crippen LogP contribution in [-0.2, 0) is 21.4 Å². The van der Waals surface area contributed by atoms with Gasteiger partial charge in [-0.15, -0.1) is 11.3 Å². The fraction of sp³-hybridized carbons (Fsp3) is 0.471. The number of nitrogens with two attached hydrogens (primary N) is 1. The first-order chi connectivity index (χ1) is 13.6. The van der Waals surface area contributed by atoms with Crippen molar-refractivity contribution in [2.75, 3.05) is 30.8 Å². The second-order valence-corrected chi connectivity index (χ2v) is 9.55. The summed E-state index contributed by atoms with van der Waals surface area (Å²) in [5.74, 6) is -0.751. The lowest BCUT2D eigenvalue weighted by molar-refractivity contribution is -0.118. The number of nitrogen functional groups attached to an aromatic ring is 1. The summed E-state index contributed by atoms with van der Waals surface area (Å²) in [6.45, 7) is 3.46. The highest BCUT2D eigenvalue weighted by Gasteiger charge is 2.28. The van der Waals surface area contributed by atoms with E-state index in [9.17, 15) is 22.8 Å².